The first-order valence-electron chi connectivity index (χ1n) is 8.57. The number of benzene rings is 2. The number of rotatable bonds is 8. The fraction of sp³-hybridized carbons (Fsp3) is 0.167. The second-order valence-corrected chi connectivity index (χ2v) is 7.94. The van der Waals surface area contributed by atoms with Gasteiger partial charge in [0.05, 0.1) is 22.8 Å². The summed E-state index contributed by atoms with van der Waals surface area (Å²) in [6.45, 7) is -0.758. The Balaban J connectivity index is 1.52. The van der Waals surface area contributed by atoms with Gasteiger partial charge in [0.1, 0.15) is 0 Å². The molecule has 1 atom stereocenters. The predicted octanol–water partition coefficient (Wildman–Crippen LogP) is 1.54. The lowest BCUT2D eigenvalue weighted by Gasteiger charge is -2.13. The van der Waals surface area contributed by atoms with Crippen LogP contribution in [0.15, 0.2) is 59.4 Å². The first-order valence-corrected chi connectivity index (χ1v) is 10.3. The summed E-state index contributed by atoms with van der Waals surface area (Å²) in [5.41, 5.74) is 0.674. The molecule has 1 aromatic heterocycles. The first kappa shape index (κ1) is 20.5. The smallest absolute Gasteiger partial charge is 0.340 e. The minimum Gasteiger partial charge on any atom is -0.434 e. The van der Waals surface area contributed by atoms with E-state index in [-0.39, 0.29) is 18.5 Å². The molecule has 0 amide bonds. The molecule has 0 saturated carbocycles. The van der Waals surface area contributed by atoms with E-state index in [0.29, 0.717) is 16.6 Å². The van der Waals surface area contributed by atoms with Crippen LogP contribution in [-0.4, -0.2) is 40.0 Å². The van der Waals surface area contributed by atoms with Crippen LogP contribution in [0, 0.1) is 0 Å². The van der Waals surface area contributed by atoms with Gasteiger partial charge in [0.2, 0.25) is 6.79 Å². The molecule has 2 aromatic carbocycles. The topological polar surface area (TPSA) is 146 Å². The van der Waals surface area contributed by atoms with E-state index in [4.69, 9.17) is 15.1 Å². The molecule has 1 unspecified atom stereocenters. The summed E-state index contributed by atoms with van der Waals surface area (Å²) in [4.78, 5) is 38.0. The van der Waals surface area contributed by atoms with Crippen molar-refractivity contribution in [2.75, 3.05) is 30.7 Å². The van der Waals surface area contributed by atoms with E-state index in [1.165, 1.54) is 0 Å². The molecule has 152 valence electrons. The summed E-state index contributed by atoms with van der Waals surface area (Å²) in [5.74, 6) is 5.04. The van der Waals surface area contributed by atoms with Crippen molar-refractivity contribution >= 4 is 30.4 Å². The van der Waals surface area contributed by atoms with Crippen LogP contribution in [0.3, 0.4) is 0 Å². The molecule has 3 aromatic rings. The molecule has 0 fully saturated rings. The van der Waals surface area contributed by atoms with E-state index < -0.39 is 25.9 Å². The monoisotopic (exact) mass is 418 g/mol. The third-order valence-electron chi connectivity index (χ3n) is 3.94. The number of ether oxygens (including phenoxy) is 1. The molecule has 4 N–H and O–H groups in total. The minimum atomic E-state index is -4.06. The van der Waals surface area contributed by atoms with Crippen LogP contribution in [-0.2, 0) is 13.8 Å². The molecule has 0 aliphatic heterocycles. The molecule has 0 bridgehead atoms. The van der Waals surface area contributed by atoms with Gasteiger partial charge in [-0.15, -0.1) is 0 Å². The maximum Gasteiger partial charge on any atom is 0.340 e. The zero-order valence-corrected chi connectivity index (χ0v) is 16.1. The molecule has 0 spiro atoms. The van der Waals surface area contributed by atoms with E-state index in [0.717, 1.165) is 4.68 Å². The molecule has 0 aliphatic rings. The molecule has 11 heteroatoms. The minimum absolute atomic E-state index is 0.0540. The highest BCUT2D eigenvalue weighted by Crippen LogP contribution is 2.41. The van der Waals surface area contributed by atoms with Gasteiger partial charge in [-0.1, -0.05) is 30.3 Å². The SMILES string of the molecule is Nn1c(=O)c(NCCP(=O)(O)OCOC(=O)c2ccccc2)nc2ccccc21. The Kier molecular flexibility index (Phi) is 6.28. The van der Waals surface area contributed by atoms with E-state index in [1.807, 2.05) is 0 Å². The van der Waals surface area contributed by atoms with Gasteiger partial charge in [0, 0.05) is 6.54 Å². The molecule has 29 heavy (non-hydrogen) atoms. The Morgan fingerprint density at radius 3 is 2.62 bits per heavy atom. The maximum atomic E-state index is 12.2. The van der Waals surface area contributed by atoms with Crippen molar-refractivity contribution in [1.29, 1.82) is 0 Å². The molecule has 10 nitrogen and oxygen atoms in total. The summed E-state index contributed by atoms with van der Waals surface area (Å²) in [6, 6.07) is 15.0. The van der Waals surface area contributed by atoms with E-state index >= 15 is 0 Å². The molecule has 0 aliphatic carbocycles. The molecular weight excluding hydrogens is 399 g/mol. The van der Waals surface area contributed by atoms with E-state index in [1.54, 1.807) is 54.6 Å². The number of esters is 1. The van der Waals surface area contributed by atoms with Crippen LogP contribution in [0.25, 0.3) is 11.0 Å². The van der Waals surface area contributed by atoms with Gasteiger partial charge < -0.3 is 20.8 Å². The van der Waals surface area contributed by atoms with Crippen LogP contribution >= 0.6 is 7.60 Å². The lowest BCUT2D eigenvalue weighted by atomic mass is 10.2. The van der Waals surface area contributed by atoms with Crippen molar-refractivity contribution in [3.05, 3.63) is 70.5 Å². The summed E-state index contributed by atoms with van der Waals surface area (Å²) in [6.07, 6.45) is -0.339. The summed E-state index contributed by atoms with van der Waals surface area (Å²) in [7, 11) is -4.06. The first-order chi connectivity index (χ1) is 13.9. The number of nitrogens with one attached hydrogen (secondary N) is 1. The number of nitrogens with two attached hydrogens (primary N) is 1. The van der Waals surface area contributed by atoms with E-state index in [2.05, 4.69) is 10.3 Å². The number of hydrogen-bond acceptors (Lipinski definition) is 8. The van der Waals surface area contributed by atoms with Crippen molar-refractivity contribution in [3.63, 3.8) is 0 Å². The number of carbonyl (C=O) groups is 1. The fourth-order valence-electron chi connectivity index (χ4n) is 2.47. The quantitative estimate of drug-likeness (QED) is 0.215. The summed E-state index contributed by atoms with van der Waals surface area (Å²) >= 11 is 0. The third-order valence-corrected chi connectivity index (χ3v) is 5.23. The molecular formula is C18H19N4O6P. The summed E-state index contributed by atoms with van der Waals surface area (Å²) in [5, 5.41) is 2.68. The standard InChI is InChI=1S/C18H19N4O6P/c19-22-15-9-5-4-8-14(15)21-16(17(22)23)20-10-11-29(25,26)28-12-27-18(24)13-6-2-1-3-7-13/h1-9H,10-12,19H2,(H,20,21)(H,25,26). The summed E-state index contributed by atoms with van der Waals surface area (Å²) < 4.78 is 22.6. The largest absolute Gasteiger partial charge is 0.434 e. The van der Waals surface area contributed by atoms with Gasteiger partial charge in [-0.05, 0) is 24.3 Å². The number of nitrogens with zero attached hydrogens (tertiary/aromatic N) is 2. The van der Waals surface area contributed by atoms with Crippen molar-refractivity contribution < 1.29 is 23.5 Å². The lowest BCUT2D eigenvalue weighted by molar-refractivity contribution is 0.0127. The number of aromatic nitrogens is 2. The Labute approximate surface area is 165 Å². The Bertz CT molecular complexity index is 1120. The van der Waals surface area contributed by atoms with E-state index in [9.17, 15) is 19.0 Å². The highest BCUT2D eigenvalue weighted by molar-refractivity contribution is 7.52. The van der Waals surface area contributed by atoms with Gasteiger partial charge in [-0.25, -0.2) is 14.5 Å². The Morgan fingerprint density at radius 2 is 1.86 bits per heavy atom. The van der Waals surface area contributed by atoms with Crippen molar-refractivity contribution in [1.82, 2.24) is 9.66 Å². The number of nitrogen functional groups attached to an aromatic ring is 1. The molecule has 0 saturated heterocycles. The predicted molar refractivity (Wildman–Crippen MR) is 107 cm³/mol. The average molecular weight is 418 g/mol. The highest BCUT2D eigenvalue weighted by atomic mass is 31.2. The zero-order valence-electron chi connectivity index (χ0n) is 15.2. The zero-order chi connectivity index (χ0) is 20.9. The van der Waals surface area contributed by atoms with Gasteiger partial charge in [0.15, 0.2) is 5.82 Å². The van der Waals surface area contributed by atoms with Crippen LogP contribution in [0.1, 0.15) is 10.4 Å². The number of fused-ring (bicyclic) bond motifs is 1. The number of carbonyl (C=O) groups excluding carboxylic acids is 1. The van der Waals surface area contributed by atoms with Gasteiger partial charge >= 0.3 is 19.1 Å². The van der Waals surface area contributed by atoms with Gasteiger partial charge in [-0.3, -0.25) is 13.9 Å². The van der Waals surface area contributed by atoms with Crippen molar-refractivity contribution in [2.45, 2.75) is 0 Å². The second-order valence-electron chi connectivity index (χ2n) is 5.96. The third kappa shape index (κ3) is 5.20. The number of hydrogen-bond donors (Lipinski definition) is 3. The second kappa shape index (κ2) is 8.87. The average Bonchev–Trinajstić information content (AvgIpc) is 2.72. The lowest BCUT2D eigenvalue weighted by Crippen LogP contribution is -2.31. The van der Waals surface area contributed by atoms with Gasteiger partial charge in [-0.2, -0.15) is 0 Å². The number of para-hydroxylation sites is 2. The molecule has 1 heterocycles. The Hall–Kier alpha value is -3.20. The van der Waals surface area contributed by atoms with Crippen LogP contribution in [0.2, 0.25) is 0 Å². The van der Waals surface area contributed by atoms with Crippen LogP contribution < -0.4 is 16.7 Å². The normalized spacial score (nSPS) is 13.0. The fourth-order valence-corrected chi connectivity index (χ4v) is 3.21. The maximum absolute atomic E-state index is 12.2. The van der Waals surface area contributed by atoms with Crippen molar-refractivity contribution in [2.24, 2.45) is 0 Å². The molecule has 0 radical (unpaired) electrons. The van der Waals surface area contributed by atoms with Crippen LogP contribution in [0.5, 0.6) is 0 Å². The van der Waals surface area contributed by atoms with Crippen molar-refractivity contribution in [3.8, 4) is 0 Å². The van der Waals surface area contributed by atoms with Gasteiger partial charge in [0.25, 0.3) is 0 Å². The van der Waals surface area contributed by atoms with Crippen LogP contribution in [0.4, 0.5) is 5.82 Å². The number of anilines is 1. The highest BCUT2D eigenvalue weighted by Gasteiger charge is 2.20. The Morgan fingerprint density at radius 1 is 1.17 bits per heavy atom. The molecule has 3 rings (SSSR count).